The molecule has 0 spiro atoms. The number of amides is 2. The van der Waals surface area contributed by atoms with E-state index in [0.717, 1.165) is 33.5 Å². The Balaban J connectivity index is 1.74. The molecule has 2 N–H and O–H groups in total. The van der Waals surface area contributed by atoms with Gasteiger partial charge in [0.1, 0.15) is 4.38 Å². The summed E-state index contributed by atoms with van der Waals surface area (Å²) in [7, 11) is 0. The van der Waals surface area contributed by atoms with E-state index >= 15 is 0 Å². The first-order valence-electron chi connectivity index (χ1n) is 6.99. The molecule has 0 aromatic heterocycles. The van der Waals surface area contributed by atoms with Gasteiger partial charge in [0, 0.05) is 11.4 Å². The average molecular weight is 337 g/mol. The minimum atomic E-state index is -0.219. The molecule has 1 heterocycles. The van der Waals surface area contributed by atoms with Gasteiger partial charge in [-0.15, -0.1) is 0 Å². The number of carbonyl (C=O) groups is 2. The summed E-state index contributed by atoms with van der Waals surface area (Å²) in [5.41, 5.74) is 2.82. The number of nitrogens with zero attached hydrogens (tertiary/aromatic N) is 1. The maximum absolute atomic E-state index is 11.9. The molecule has 1 aromatic carbocycles. The largest absolute Gasteiger partial charge is 0.346 e. The molecule has 22 heavy (non-hydrogen) atoms. The normalized spacial score (nSPS) is 13.6. The molecule has 5 nitrogen and oxygen atoms in total. The summed E-state index contributed by atoms with van der Waals surface area (Å²) in [6.45, 7) is 4.69. The molecule has 1 aliphatic heterocycles. The molecule has 1 aliphatic rings. The van der Waals surface area contributed by atoms with Crippen LogP contribution in [0.5, 0.6) is 0 Å². The van der Waals surface area contributed by atoms with Crippen LogP contribution in [-0.2, 0) is 9.59 Å². The van der Waals surface area contributed by atoms with E-state index in [9.17, 15) is 9.59 Å². The molecule has 0 unspecified atom stereocenters. The first-order valence-corrected chi connectivity index (χ1v) is 8.96. The summed E-state index contributed by atoms with van der Waals surface area (Å²) in [5.74, 6) is 0.908. The highest BCUT2D eigenvalue weighted by molar-refractivity contribution is 8.39. The summed E-state index contributed by atoms with van der Waals surface area (Å²) in [6.07, 6.45) is 0. The third kappa shape index (κ3) is 5.06. The Hall–Kier alpha value is -1.47. The SMILES string of the molecule is Cc1cccc(C)c1NC(=O)CNC(=O)CSC1=NCCS1. The molecule has 0 aliphatic carbocycles. The molecule has 1 aromatic rings. The lowest BCUT2D eigenvalue weighted by Crippen LogP contribution is -2.34. The van der Waals surface area contributed by atoms with Gasteiger partial charge in [-0.1, -0.05) is 41.7 Å². The molecule has 2 rings (SSSR count). The summed E-state index contributed by atoms with van der Waals surface area (Å²) >= 11 is 3.09. The lowest BCUT2D eigenvalue weighted by Gasteiger charge is -2.11. The Bertz CT molecular complexity index is 582. The first-order chi connectivity index (χ1) is 10.6. The molecule has 0 saturated carbocycles. The van der Waals surface area contributed by atoms with Crippen LogP contribution >= 0.6 is 23.5 Å². The molecule has 0 fully saturated rings. The topological polar surface area (TPSA) is 70.6 Å². The predicted molar refractivity (Wildman–Crippen MR) is 94.8 cm³/mol. The third-order valence-electron chi connectivity index (χ3n) is 3.08. The average Bonchev–Trinajstić information content (AvgIpc) is 3.00. The van der Waals surface area contributed by atoms with Gasteiger partial charge < -0.3 is 10.6 Å². The number of aliphatic imine (C=N–C) groups is 1. The van der Waals surface area contributed by atoms with Crippen LogP contribution in [0, 0.1) is 13.8 Å². The Morgan fingerprint density at radius 2 is 2.00 bits per heavy atom. The van der Waals surface area contributed by atoms with Crippen LogP contribution in [0.2, 0.25) is 0 Å². The van der Waals surface area contributed by atoms with Crippen molar-refractivity contribution in [3.8, 4) is 0 Å². The van der Waals surface area contributed by atoms with Crippen molar-refractivity contribution < 1.29 is 9.59 Å². The Kier molecular flexibility index (Phi) is 6.33. The second-order valence-corrected chi connectivity index (χ2v) is 7.18. The minimum Gasteiger partial charge on any atom is -0.346 e. The zero-order valence-corrected chi connectivity index (χ0v) is 14.3. The van der Waals surface area contributed by atoms with Crippen LogP contribution in [0.25, 0.3) is 0 Å². The van der Waals surface area contributed by atoms with Gasteiger partial charge in [-0.05, 0) is 25.0 Å². The van der Waals surface area contributed by atoms with Gasteiger partial charge in [0.15, 0.2) is 0 Å². The summed E-state index contributed by atoms with van der Waals surface area (Å²) in [6, 6.07) is 5.83. The van der Waals surface area contributed by atoms with Crippen LogP contribution in [0.4, 0.5) is 5.69 Å². The van der Waals surface area contributed by atoms with E-state index in [2.05, 4.69) is 15.6 Å². The van der Waals surface area contributed by atoms with Gasteiger partial charge in [0.2, 0.25) is 11.8 Å². The van der Waals surface area contributed by atoms with E-state index in [-0.39, 0.29) is 18.4 Å². The van der Waals surface area contributed by atoms with Crippen molar-refractivity contribution in [1.29, 1.82) is 0 Å². The highest BCUT2D eigenvalue weighted by atomic mass is 32.2. The molecule has 0 radical (unpaired) electrons. The number of thioether (sulfide) groups is 2. The zero-order valence-electron chi connectivity index (χ0n) is 12.6. The number of benzene rings is 1. The molecular weight excluding hydrogens is 318 g/mol. The van der Waals surface area contributed by atoms with Crippen LogP contribution in [-0.4, -0.2) is 40.8 Å². The minimum absolute atomic E-state index is 0.0210. The number of rotatable bonds is 5. The maximum Gasteiger partial charge on any atom is 0.243 e. The number of hydrogen-bond donors (Lipinski definition) is 2. The summed E-state index contributed by atoms with van der Waals surface area (Å²) in [4.78, 5) is 27.9. The van der Waals surface area contributed by atoms with Gasteiger partial charge in [-0.3, -0.25) is 14.6 Å². The van der Waals surface area contributed by atoms with E-state index in [1.165, 1.54) is 11.8 Å². The van der Waals surface area contributed by atoms with Crippen molar-refractivity contribution in [2.45, 2.75) is 13.8 Å². The number of carbonyl (C=O) groups excluding carboxylic acids is 2. The fourth-order valence-electron chi connectivity index (χ4n) is 1.96. The molecule has 118 valence electrons. The van der Waals surface area contributed by atoms with Crippen LogP contribution in [0.15, 0.2) is 23.2 Å². The Labute approximate surface area is 138 Å². The van der Waals surface area contributed by atoms with Crippen LogP contribution in [0.1, 0.15) is 11.1 Å². The van der Waals surface area contributed by atoms with Gasteiger partial charge in [-0.2, -0.15) is 0 Å². The maximum atomic E-state index is 11.9. The second-order valence-electron chi connectivity index (χ2n) is 4.88. The van der Waals surface area contributed by atoms with E-state index < -0.39 is 0 Å². The third-order valence-corrected chi connectivity index (χ3v) is 5.33. The standard InChI is InChI=1S/C15H19N3O2S2/c1-10-4-3-5-11(2)14(10)18-12(19)8-17-13(20)9-22-15-16-6-7-21-15/h3-5H,6-9H2,1-2H3,(H,17,20)(H,18,19). The van der Waals surface area contributed by atoms with E-state index in [4.69, 9.17) is 0 Å². The fourth-order valence-corrected chi connectivity index (χ4v) is 3.79. The van der Waals surface area contributed by atoms with Gasteiger partial charge in [0.25, 0.3) is 0 Å². The highest BCUT2D eigenvalue weighted by Crippen LogP contribution is 2.21. The van der Waals surface area contributed by atoms with Crippen molar-refractivity contribution in [3.63, 3.8) is 0 Å². The van der Waals surface area contributed by atoms with E-state index in [1.54, 1.807) is 11.8 Å². The molecule has 0 atom stereocenters. The lowest BCUT2D eigenvalue weighted by molar-refractivity contribution is -0.122. The van der Waals surface area contributed by atoms with Crippen molar-refractivity contribution in [3.05, 3.63) is 29.3 Å². The van der Waals surface area contributed by atoms with Crippen molar-refractivity contribution in [2.75, 3.05) is 29.9 Å². The molecule has 2 amide bonds. The van der Waals surface area contributed by atoms with Gasteiger partial charge in [0.05, 0.1) is 18.8 Å². The van der Waals surface area contributed by atoms with Crippen LogP contribution < -0.4 is 10.6 Å². The molecular formula is C15H19N3O2S2. The predicted octanol–water partition coefficient (Wildman–Crippen LogP) is 2.19. The number of aryl methyl sites for hydroxylation is 2. The Morgan fingerprint density at radius 1 is 1.27 bits per heavy atom. The van der Waals surface area contributed by atoms with E-state index in [0.29, 0.717) is 5.75 Å². The first kappa shape index (κ1) is 16.9. The fraction of sp³-hybridized carbons (Fsp3) is 0.400. The van der Waals surface area contributed by atoms with Crippen molar-refractivity contribution in [1.82, 2.24) is 5.32 Å². The number of anilines is 1. The number of nitrogens with one attached hydrogen (secondary N) is 2. The van der Waals surface area contributed by atoms with E-state index in [1.807, 2.05) is 32.0 Å². The molecule has 0 bridgehead atoms. The highest BCUT2D eigenvalue weighted by Gasteiger charge is 2.12. The zero-order chi connectivity index (χ0) is 15.9. The molecule has 7 heteroatoms. The van der Waals surface area contributed by atoms with Crippen molar-refractivity contribution >= 4 is 45.4 Å². The smallest absolute Gasteiger partial charge is 0.243 e. The monoisotopic (exact) mass is 337 g/mol. The Morgan fingerprint density at radius 3 is 2.64 bits per heavy atom. The molecule has 0 saturated heterocycles. The van der Waals surface area contributed by atoms with Crippen molar-refractivity contribution in [2.24, 2.45) is 4.99 Å². The number of hydrogen-bond acceptors (Lipinski definition) is 5. The number of para-hydroxylation sites is 1. The van der Waals surface area contributed by atoms with Gasteiger partial charge >= 0.3 is 0 Å². The second kappa shape index (κ2) is 8.24. The lowest BCUT2D eigenvalue weighted by atomic mass is 10.1. The quantitative estimate of drug-likeness (QED) is 0.864. The summed E-state index contributed by atoms with van der Waals surface area (Å²) in [5, 5.41) is 5.47. The van der Waals surface area contributed by atoms with Gasteiger partial charge in [-0.25, -0.2) is 0 Å². The van der Waals surface area contributed by atoms with Crippen LogP contribution in [0.3, 0.4) is 0 Å². The summed E-state index contributed by atoms with van der Waals surface area (Å²) < 4.78 is 0.954.